The molecule has 0 bridgehead atoms. The summed E-state index contributed by atoms with van der Waals surface area (Å²) in [6.45, 7) is 10.4. The summed E-state index contributed by atoms with van der Waals surface area (Å²) in [7, 11) is 3.46. The molecule has 2 rings (SSSR count). The van der Waals surface area contributed by atoms with Crippen LogP contribution in [0.15, 0.2) is 48.5 Å². The summed E-state index contributed by atoms with van der Waals surface area (Å²) in [5.74, 6) is 1.91. The number of methoxy groups -OCH3 is 2. The normalized spacial score (nSPS) is 12.1. The van der Waals surface area contributed by atoms with E-state index in [-0.39, 0.29) is 19.3 Å². The van der Waals surface area contributed by atoms with Gasteiger partial charge in [-0.1, -0.05) is 0 Å². The number of hydrogen-bond acceptors (Lipinski definition) is 2. The van der Waals surface area contributed by atoms with E-state index in [1.54, 1.807) is 14.2 Å². The third-order valence-corrected chi connectivity index (χ3v) is 41.9. The van der Waals surface area contributed by atoms with Gasteiger partial charge < -0.3 is 0 Å². The third kappa shape index (κ3) is 6.82. The fourth-order valence-electron chi connectivity index (χ4n) is 3.29. The summed E-state index contributed by atoms with van der Waals surface area (Å²) >= 11 is 0.0596. The summed E-state index contributed by atoms with van der Waals surface area (Å²) in [5.41, 5.74) is 0.661. The molecule has 0 radical (unpaired) electrons. The zero-order chi connectivity index (χ0) is 18.5. The fourth-order valence-corrected chi connectivity index (χ4v) is 57.3. The van der Waals surface area contributed by atoms with Gasteiger partial charge in [0, 0.05) is 0 Å². The van der Waals surface area contributed by atoms with E-state index in [9.17, 15) is 0 Å². The Hall–Kier alpha value is -0.737. The minimum absolute atomic E-state index is 0.0596. The van der Waals surface area contributed by atoms with E-state index < -0.39 is 11.2 Å². The summed E-state index contributed by atoms with van der Waals surface area (Å²) in [6.07, 6.45) is 0. The van der Waals surface area contributed by atoms with Crippen LogP contribution in [0.3, 0.4) is 0 Å². The van der Waals surface area contributed by atoms with Crippen molar-refractivity contribution in [3.63, 3.8) is 0 Å². The molecule has 0 N–H and O–H groups in total. The Kier molecular flexibility index (Phi) is 7.22. The molecule has 0 aromatic heterocycles. The van der Waals surface area contributed by atoms with Gasteiger partial charge in [-0.2, -0.15) is 0 Å². The number of benzene rings is 2. The molecule has 2 nitrogen and oxygen atoms in total. The van der Waals surface area contributed by atoms with Crippen LogP contribution in [0, 0.1) is 0 Å². The average molecular weight is 486 g/mol. The Morgan fingerprint density at radius 2 is 0.960 bits per heavy atom. The van der Waals surface area contributed by atoms with Crippen molar-refractivity contribution in [1.82, 2.24) is 0 Å². The van der Waals surface area contributed by atoms with E-state index in [1.807, 2.05) is 0 Å². The summed E-state index contributed by atoms with van der Waals surface area (Å²) in [5, 5.41) is 0. The molecule has 0 saturated carbocycles. The van der Waals surface area contributed by atoms with Crippen LogP contribution in [0.2, 0.25) is 26.2 Å². The zero-order valence-corrected chi connectivity index (χ0v) is 20.6. The van der Waals surface area contributed by atoms with Gasteiger partial charge in [-0.05, 0) is 0 Å². The Labute approximate surface area is 163 Å². The van der Waals surface area contributed by atoms with Crippen LogP contribution >= 0.6 is 0 Å². The molecule has 0 spiro atoms. The van der Waals surface area contributed by atoms with Crippen LogP contribution in [-0.2, 0) is 12.1 Å². The molecule has 0 amide bonds. The van der Waals surface area contributed by atoms with Crippen molar-refractivity contribution in [1.29, 1.82) is 0 Å². The molecule has 0 fully saturated rings. The van der Waals surface area contributed by atoms with Crippen LogP contribution in [-0.4, -0.2) is 44.8 Å². The fraction of sp³-hybridized carbons (Fsp3) is 0.400. The van der Waals surface area contributed by atoms with E-state index in [4.69, 9.17) is 9.47 Å². The first kappa shape index (κ1) is 20.6. The van der Waals surface area contributed by atoms with Gasteiger partial charge in [-0.25, -0.2) is 0 Å². The van der Waals surface area contributed by atoms with E-state index in [0.717, 1.165) is 11.5 Å². The Morgan fingerprint density at radius 1 is 0.640 bits per heavy atom. The van der Waals surface area contributed by atoms with Crippen LogP contribution in [0.1, 0.15) is 11.1 Å². The molecule has 2 aromatic carbocycles. The predicted molar refractivity (Wildman–Crippen MR) is 114 cm³/mol. The molecule has 0 heterocycles. The molecule has 0 aliphatic heterocycles. The molecule has 2 aromatic rings. The summed E-state index contributed by atoms with van der Waals surface area (Å²) in [6, 6.07) is 20.0. The van der Waals surface area contributed by atoms with Gasteiger partial charge in [0.25, 0.3) is 0 Å². The Morgan fingerprint density at radius 3 is 1.24 bits per heavy atom. The van der Waals surface area contributed by atoms with Crippen molar-refractivity contribution in [2.24, 2.45) is 0 Å². The maximum absolute atomic E-state index is 5.28. The number of hydrogen-bond donors (Lipinski definition) is 0. The molecule has 0 aliphatic rings. The van der Waals surface area contributed by atoms with E-state index >= 15 is 0 Å². The van der Waals surface area contributed by atoms with Crippen molar-refractivity contribution in [3.8, 4) is 11.5 Å². The number of rotatable bonds is 8. The van der Waals surface area contributed by atoms with Gasteiger partial charge in [0.1, 0.15) is 0 Å². The van der Waals surface area contributed by atoms with E-state index in [1.165, 1.54) is 23.2 Å². The number of ether oxygens (including phenoxy) is 2. The van der Waals surface area contributed by atoms with Crippen molar-refractivity contribution >= 4 is 30.6 Å². The second kappa shape index (κ2) is 8.77. The van der Waals surface area contributed by atoms with Crippen LogP contribution in [0.25, 0.3) is 0 Å². The van der Waals surface area contributed by atoms with Gasteiger partial charge in [-0.15, -0.1) is 0 Å². The standard InChI is InChI=1S/C20H30O2Si2Te/c1-21-19-11-7-17(8-12-19)15-23(3,4)25-24(5,6)16-18-9-13-20(22-2)14-10-18/h7-14H,15-16H2,1-6H3. The first-order valence-corrected chi connectivity index (χ1v) is 21.9. The van der Waals surface area contributed by atoms with Crippen molar-refractivity contribution < 1.29 is 9.47 Å². The average Bonchev–Trinajstić information content (AvgIpc) is 2.54. The molecular weight excluding hydrogens is 456 g/mol. The van der Waals surface area contributed by atoms with Crippen molar-refractivity contribution in [3.05, 3.63) is 59.7 Å². The van der Waals surface area contributed by atoms with Gasteiger partial charge in [0.2, 0.25) is 0 Å². The second-order valence-electron chi connectivity index (χ2n) is 7.67. The second-order valence-corrected chi connectivity index (χ2v) is 40.4. The predicted octanol–water partition coefficient (Wildman–Crippen LogP) is 4.68. The molecule has 136 valence electrons. The topological polar surface area (TPSA) is 18.5 Å². The SMILES string of the molecule is COc1ccc(C[Si](C)(C)[Te][Si](C)(C)Cc2ccc(OC)cc2)cc1. The van der Waals surface area contributed by atoms with Gasteiger partial charge >= 0.3 is 164 Å². The molecule has 0 aliphatic carbocycles. The zero-order valence-electron chi connectivity index (χ0n) is 16.3. The first-order valence-electron chi connectivity index (χ1n) is 8.69. The molecular formula is C20H30O2Si2Te. The van der Waals surface area contributed by atoms with Crippen LogP contribution in [0.4, 0.5) is 0 Å². The van der Waals surface area contributed by atoms with Crippen molar-refractivity contribution in [2.45, 2.75) is 38.3 Å². The van der Waals surface area contributed by atoms with Crippen molar-refractivity contribution in [2.75, 3.05) is 14.2 Å². The Balaban J connectivity index is 2.00. The summed E-state index contributed by atoms with van der Waals surface area (Å²) < 4.78 is 10.6. The van der Waals surface area contributed by atoms with Gasteiger partial charge in [0.05, 0.1) is 0 Å². The first-order chi connectivity index (χ1) is 11.7. The van der Waals surface area contributed by atoms with Gasteiger partial charge in [0.15, 0.2) is 0 Å². The van der Waals surface area contributed by atoms with Gasteiger partial charge in [-0.3, -0.25) is 0 Å². The molecule has 25 heavy (non-hydrogen) atoms. The maximum atomic E-state index is 5.28. The molecule has 0 unspecified atom stereocenters. The Bertz CT molecular complexity index is 608. The van der Waals surface area contributed by atoms with Crippen LogP contribution < -0.4 is 9.47 Å². The van der Waals surface area contributed by atoms with E-state index in [2.05, 4.69) is 74.7 Å². The third-order valence-electron chi connectivity index (χ3n) is 4.13. The molecule has 0 saturated heterocycles. The molecule has 0 atom stereocenters. The summed E-state index contributed by atoms with van der Waals surface area (Å²) in [4.78, 5) is 0. The minimum atomic E-state index is -1.15. The van der Waals surface area contributed by atoms with Crippen LogP contribution in [0.5, 0.6) is 11.5 Å². The molecule has 5 heteroatoms. The van der Waals surface area contributed by atoms with E-state index in [0.29, 0.717) is 0 Å². The monoisotopic (exact) mass is 488 g/mol. The quantitative estimate of drug-likeness (QED) is 0.505.